The standard InChI is InChI=1S/C18H17NO4/c20-12-16-8-4-7-15-11-19(9-10-22-17(15)16)18(21)23-13-14-5-2-1-3-6-14/h1-8,12H,9-11,13H2. The molecule has 0 saturated carbocycles. The third-order valence-electron chi connectivity index (χ3n) is 3.69. The van der Waals surface area contributed by atoms with E-state index in [0.29, 0.717) is 31.0 Å². The number of amides is 1. The number of benzene rings is 2. The molecular formula is C18H17NO4. The highest BCUT2D eigenvalue weighted by Crippen LogP contribution is 2.26. The minimum Gasteiger partial charge on any atom is -0.491 e. The smallest absolute Gasteiger partial charge is 0.410 e. The second-order valence-electron chi connectivity index (χ2n) is 5.26. The average molecular weight is 311 g/mol. The number of carbonyl (C=O) groups excluding carboxylic acids is 2. The van der Waals surface area contributed by atoms with Crippen molar-refractivity contribution in [2.75, 3.05) is 13.2 Å². The van der Waals surface area contributed by atoms with E-state index in [-0.39, 0.29) is 12.7 Å². The van der Waals surface area contributed by atoms with Gasteiger partial charge in [-0.05, 0) is 11.6 Å². The number of hydrogen-bond acceptors (Lipinski definition) is 4. The molecule has 0 unspecified atom stereocenters. The molecule has 0 aliphatic carbocycles. The van der Waals surface area contributed by atoms with Crippen LogP contribution >= 0.6 is 0 Å². The molecule has 1 amide bonds. The monoisotopic (exact) mass is 311 g/mol. The predicted molar refractivity (Wildman–Crippen MR) is 84.4 cm³/mol. The van der Waals surface area contributed by atoms with Crippen molar-refractivity contribution >= 4 is 12.4 Å². The van der Waals surface area contributed by atoms with Crippen molar-refractivity contribution in [2.45, 2.75) is 13.2 Å². The number of nitrogens with zero attached hydrogens (tertiary/aromatic N) is 1. The highest BCUT2D eigenvalue weighted by atomic mass is 16.6. The molecule has 0 atom stereocenters. The fourth-order valence-corrected chi connectivity index (χ4v) is 2.51. The largest absolute Gasteiger partial charge is 0.491 e. The lowest BCUT2D eigenvalue weighted by molar-refractivity contribution is 0.0912. The van der Waals surface area contributed by atoms with E-state index in [1.807, 2.05) is 36.4 Å². The maximum Gasteiger partial charge on any atom is 0.410 e. The lowest BCUT2D eigenvalue weighted by Crippen LogP contribution is -2.32. The van der Waals surface area contributed by atoms with Gasteiger partial charge < -0.3 is 14.4 Å². The van der Waals surface area contributed by atoms with Crippen LogP contribution in [0.5, 0.6) is 5.75 Å². The van der Waals surface area contributed by atoms with Gasteiger partial charge in [0.25, 0.3) is 0 Å². The number of rotatable bonds is 3. The Bertz CT molecular complexity index is 699. The Kier molecular flexibility index (Phi) is 4.57. The fourth-order valence-electron chi connectivity index (χ4n) is 2.51. The lowest BCUT2D eigenvalue weighted by Gasteiger charge is -2.19. The van der Waals surface area contributed by atoms with Gasteiger partial charge in [0.05, 0.1) is 18.7 Å². The number of hydrogen-bond donors (Lipinski definition) is 0. The maximum atomic E-state index is 12.3. The van der Waals surface area contributed by atoms with E-state index in [9.17, 15) is 9.59 Å². The van der Waals surface area contributed by atoms with Gasteiger partial charge in [-0.25, -0.2) is 4.79 Å². The topological polar surface area (TPSA) is 55.8 Å². The van der Waals surface area contributed by atoms with Gasteiger partial charge in [-0.2, -0.15) is 0 Å². The quantitative estimate of drug-likeness (QED) is 0.818. The molecule has 0 fully saturated rings. The lowest BCUT2D eigenvalue weighted by atomic mass is 10.1. The molecule has 1 heterocycles. The normalized spacial score (nSPS) is 13.5. The number of aldehydes is 1. The summed E-state index contributed by atoms with van der Waals surface area (Å²) in [4.78, 5) is 24.9. The van der Waals surface area contributed by atoms with E-state index in [4.69, 9.17) is 9.47 Å². The van der Waals surface area contributed by atoms with Crippen LogP contribution < -0.4 is 4.74 Å². The minimum atomic E-state index is -0.387. The van der Waals surface area contributed by atoms with E-state index < -0.39 is 0 Å². The van der Waals surface area contributed by atoms with Crippen molar-refractivity contribution in [1.29, 1.82) is 0 Å². The minimum absolute atomic E-state index is 0.234. The van der Waals surface area contributed by atoms with Crippen LogP contribution in [0.15, 0.2) is 48.5 Å². The average Bonchev–Trinajstić information content (AvgIpc) is 2.82. The summed E-state index contributed by atoms with van der Waals surface area (Å²) in [6.07, 6.45) is 0.379. The molecule has 2 aromatic rings. The van der Waals surface area contributed by atoms with E-state index in [1.54, 1.807) is 17.0 Å². The van der Waals surface area contributed by atoms with Crippen molar-refractivity contribution < 1.29 is 19.1 Å². The summed E-state index contributed by atoms with van der Waals surface area (Å²) < 4.78 is 11.0. The molecule has 1 aliphatic rings. The third-order valence-corrected chi connectivity index (χ3v) is 3.69. The van der Waals surface area contributed by atoms with Crippen LogP contribution in [-0.4, -0.2) is 30.4 Å². The SMILES string of the molecule is O=Cc1cccc2c1OCCN(C(=O)OCc1ccccc1)C2. The third kappa shape index (κ3) is 3.51. The van der Waals surface area contributed by atoms with E-state index in [2.05, 4.69) is 0 Å². The summed E-state index contributed by atoms with van der Waals surface area (Å²) in [5.74, 6) is 0.556. The zero-order chi connectivity index (χ0) is 16.1. The molecular weight excluding hydrogens is 294 g/mol. The van der Waals surface area contributed by atoms with Crippen molar-refractivity contribution in [2.24, 2.45) is 0 Å². The zero-order valence-corrected chi connectivity index (χ0v) is 12.6. The Balaban J connectivity index is 1.68. The first-order valence-corrected chi connectivity index (χ1v) is 7.43. The van der Waals surface area contributed by atoms with Crippen LogP contribution in [0.4, 0.5) is 4.79 Å². The highest BCUT2D eigenvalue weighted by Gasteiger charge is 2.22. The van der Waals surface area contributed by atoms with Crippen molar-refractivity contribution in [3.05, 3.63) is 65.2 Å². The van der Waals surface area contributed by atoms with Gasteiger partial charge in [0.2, 0.25) is 0 Å². The van der Waals surface area contributed by atoms with Crippen molar-refractivity contribution in [1.82, 2.24) is 4.90 Å². The summed E-state index contributed by atoms with van der Waals surface area (Å²) in [5, 5.41) is 0. The zero-order valence-electron chi connectivity index (χ0n) is 12.6. The van der Waals surface area contributed by atoms with Crippen LogP contribution in [-0.2, 0) is 17.9 Å². The van der Waals surface area contributed by atoms with Gasteiger partial charge in [-0.3, -0.25) is 4.79 Å². The molecule has 0 saturated heterocycles. The Morgan fingerprint density at radius 2 is 2.00 bits per heavy atom. The Morgan fingerprint density at radius 1 is 1.17 bits per heavy atom. The first-order chi connectivity index (χ1) is 11.3. The molecule has 5 heteroatoms. The van der Waals surface area contributed by atoms with Crippen LogP contribution in [0, 0.1) is 0 Å². The molecule has 118 valence electrons. The molecule has 2 aromatic carbocycles. The molecule has 0 radical (unpaired) electrons. The Labute approximate surface area is 134 Å². The fraction of sp³-hybridized carbons (Fsp3) is 0.222. The van der Waals surface area contributed by atoms with Gasteiger partial charge in [-0.15, -0.1) is 0 Å². The number of ether oxygens (including phenoxy) is 2. The first-order valence-electron chi connectivity index (χ1n) is 7.43. The van der Waals surface area contributed by atoms with Crippen LogP contribution in [0.2, 0.25) is 0 Å². The van der Waals surface area contributed by atoms with Crippen molar-refractivity contribution in [3.8, 4) is 5.75 Å². The van der Waals surface area contributed by atoms with E-state index >= 15 is 0 Å². The Hall–Kier alpha value is -2.82. The van der Waals surface area contributed by atoms with Gasteiger partial charge in [0.1, 0.15) is 19.0 Å². The molecule has 0 bridgehead atoms. The summed E-state index contributed by atoms with van der Waals surface area (Å²) in [6, 6.07) is 14.9. The van der Waals surface area contributed by atoms with E-state index in [1.165, 1.54) is 0 Å². The van der Waals surface area contributed by atoms with Gasteiger partial charge in [0, 0.05) is 5.56 Å². The van der Waals surface area contributed by atoms with Crippen LogP contribution in [0.25, 0.3) is 0 Å². The maximum absolute atomic E-state index is 12.3. The van der Waals surface area contributed by atoms with Gasteiger partial charge >= 0.3 is 6.09 Å². The Morgan fingerprint density at radius 3 is 2.78 bits per heavy atom. The second-order valence-corrected chi connectivity index (χ2v) is 5.26. The second kappa shape index (κ2) is 6.96. The highest BCUT2D eigenvalue weighted by molar-refractivity contribution is 5.80. The summed E-state index contributed by atoms with van der Waals surface area (Å²) in [7, 11) is 0. The molecule has 0 aromatic heterocycles. The number of fused-ring (bicyclic) bond motifs is 1. The van der Waals surface area contributed by atoms with Crippen LogP contribution in [0.1, 0.15) is 21.5 Å². The molecule has 0 N–H and O–H groups in total. The molecule has 0 spiro atoms. The van der Waals surface area contributed by atoms with E-state index in [0.717, 1.165) is 17.4 Å². The molecule has 5 nitrogen and oxygen atoms in total. The molecule has 3 rings (SSSR count). The summed E-state index contributed by atoms with van der Waals surface area (Å²) in [6.45, 7) is 1.35. The van der Waals surface area contributed by atoms with Crippen molar-refractivity contribution in [3.63, 3.8) is 0 Å². The van der Waals surface area contributed by atoms with Gasteiger partial charge in [0.15, 0.2) is 6.29 Å². The first kappa shape index (κ1) is 15.1. The number of carbonyl (C=O) groups is 2. The number of para-hydroxylation sites is 1. The summed E-state index contributed by atoms with van der Waals surface area (Å²) >= 11 is 0. The van der Waals surface area contributed by atoms with Crippen LogP contribution in [0.3, 0.4) is 0 Å². The molecule has 1 aliphatic heterocycles. The van der Waals surface area contributed by atoms with Gasteiger partial charge in [-0.1, -0.05) is 42.5 Å². The summed E-state index contributed by atoms with van der Waals surface area (Å²) in [5.41, 5.74) is 2.25. The molecule has 23 heavy (non-hydrogen) atoms. The predicted octanol–water partition coefficient (Wildman–Crippen LogP) is 3.03.